The molecule has 2 aromatic rings. The van der Waals surface area contributed by atoms with Crippen molar-refractivity contribution >= 4 is 28.2 Å². The van der Waals surface area contributed by atoms with Crippen LogP contribution >= 0.6 is 0 Å². The second-order valence-corrected chi connectivity index (χ2v) is 6.80. The van der Waals surface area contributed by atoms with Gasteiger partial charge in [-0.25, -0.2) is 13.2 Å². The van der Waals surface area contributed by atoms with E-state index in [1.54, 1.807) is 24.3 Å². The maximum atomic E-state index is 10.3. The van der Waals surface area contributed by atoms with Gasteiger partial charge in [-0.05, 0) is 23.6 Å². The van der Waals surface area contributed by atoms with Crippen LogP contribution < -0.4 is 29.6 Å². The third-order valence-corrected chi connectivity index (χ3v) is 3.64. The van der Waals surface area contributed by atoms with Gasteiger partial charge in [0, 0.05) is 11.5 Å². The van der Waals surface area contributed by atoms with Gasteiger partial charge in [0.05, 0.1) is 6.61 Å². The van der Waals surface area contributed by atoms with Crippen LogP contribution in [0.3, 0.4) is 0 Å². The van der Waals surface area contributed by atoms with Gasteiger partial charge in [-0.2, -0.15) is 0 Å². The van der Waals surface area contributed by atoms with Crippen LogP contribution in [0.5, 0.6) is 0 Å². The Labute approximate surface area is 202 Å². The van der Waals surface area contributed by atoms with Crippen molar-refractivity contribution in [2.75, 3.05) is 6.61 Å². The number of hydrogen-bond donors (Lipinski definition) is 0. The topological polar surface area (TPSA) is 83.5 Å². The average Bonchev–Trinajstić information content (AvgIpc) is 2.74. The van der Waals surface area contributed by atoms with Crippen molar-refractivity contribution in [3.63, 3.8) is 0 Å². The summed E-state index contributed by atoms with van der Waals surface area (Å²) in [6.07, 6.45) is 6.25. The molecule has 0 heterocycles. The maximum Gasteiger partial charge on any atom is 1.00 e. The minimum absolute atomic E-state index is 0. The summed E-state index contributed by atoms with van der Waals surface area (Å²) < 4.78 is 35.2. The largest absolute Gasteiger partial charge is 1.00 e. The molecule has 0 N–H and O–H groups in total. The summed E-state index contributed by atoms with van der Waals surface area (Å²) in [5, 5.41) is 0.641. The summed E-state index contributed by atoms with van der Waals surface area (Å²) in [4.78, 5) is 10.3. The first-order valence-corrected chi connectivity index (χ1v) is 10.4. The van der Waals surface area contributed by atoms with Crippen molar-refractivity contribution < 1.29 is 52.1 Å². The number of hydrogen-bond acceptors (Lipinski definition) is 5. The SMILES string of the molecule is C=CC(=O)OCCCC.C=Cc1ccccc1.O=S(=O)([O-])C=Cc1ccccc1.[Na+]. The third-order valence-electron chi connectivity index (χ3n) is 3.17. The monoisotopic (exact) mass is 438 g/mol. The van der Waals surface area contributed by atoms with Gasteiger partial charge in [0.25, 0.3) is 0 Å². The number of rotatable bonds is 7. The van der Waals surface area contributed by atoms with Crippen LogP contribution in [0.15, 0.2) is 85.3 Å². The fourth-order valence-electron chi connectivity index (χ4n) is 1.69. The Morgan fingerprint density at radius 1 is 1.00 bits per heavy atom. The molecule has 0 aliphatic rings. The van der Waals surface area contributed by atoms with Crippen LogP contribution in [-0.4, -0.2) is 25.5 Å². The Morgan fingerprint density at radius 2 is 1.50 bits per heavy atom. The van der Waals surface area contributed by atoms with E-state index in [-0.39, 0.29) is 35.5 Å². The number of esters is 1. The summed E-state index contributed by atoms with van der Waals surface area (Å²) >= 11 is 0. The average molecular weight is 439 g/mol. The molecule has 2 rings (SSSR count). The normalized spacial score (nSPS) is 9.67. The molecule has 2 aromatic carbocycles. The van der Waals surface area contributed by atoms with E-state index in [0.29, 0.717) is 17.6 Å². The zero-order valence-corrected chi connectivity index (χ0v) is 20.4. The Morgan fingerprint density at radius 3 is 1.87 bits per heavy atom. The predicted molar refractivity (Wildman–Crippen MR) is 118 cm³/mol. The van der Waals surface area contributed by atoms with Gasteiger partial charge in [-0.1, -0.05) is 93.2 Å². The fraction of sp³-hybridized carbons (Fsp3) is 0.174. The number of ether oxygens (including phenoxy) is 1. The zero-order chi connectivity index (χ0) is 22.0. The number of carbonyl (C=O) groups excluding carboxylic acids is 1. The first-order chi connectivity index (χ1) is 13.8. The molecular weight excluding hydrogens is 411 g/mol. The van der Waals surface area contributed by atoms with E-state index >= 15 is 0 Å². The van der Waals surface area contributed by atoms with E-state index in [1.807, 2.05) is 49.4 Å². The van der Waals surface area contributed by atoms with Crippen LogP contribution in [0.25, 0.3) is 12.2 Å². The summed E-state index contributed by atoms with van der Waals surface area (Å²) in [6.45, 7) is 9.45. The van der Waals surface area contributed by atoms with Gasteiger partial charge in [0.15, 0.2) is 0 Å². The number of carbonyl (C=O) groups is 1. The number of unbranched alkanes of at least 4 members (excludes halogenated alkanes) is 1. The van der Waals surface area contributed by atoms with E-state index in [0.717, 1.165) is 12.8 Å². The quantitative estimate of drug-likeness (QED) is 0.217. The molecule has 156 valence electrons. The molecule has 0 aromatic heterocycles. The van der Waals surface area contributed by atoms with Crippen molar-refractivity contribution in [2.24, 2.45) is 0 Å². The molecule has 0 saturated carbocycles. The molecule has 0 saturated heterocycles. The first-order valence-electron chi connectivity index (χ1n) is 8.98. The molecule has 0 spiro atoms. The molecule has 5 nitrogen and oxygen atoms in total. The second kappa shape index (κ2) is 19.0. The van der Waals surface area contributed by atoms with E-state index in [2.05, 4.69) is 17.9 Å². The summed E-state index contributed by atoms with van der Waals surface area (Å²) in [6, 6.07) is 18.8. The molecule has 0 bridgehead atoms. The molecule has 0 unspecified atom stereocenters. The summed E-state index contributed by atoms with van der Waals surface area (Å²) in [7, 11) is -4.25. The Balaban J connectivity index is 0. The van der Waals surface area contributed by atoms with Crippen LogP contribution in [0.4, 0.5) is 0 Å². The van der Waals surface area contributed by atoms with Gasteiger partial charge in [0.2, 0.25) is 0 Å². The van der Waals surface area contributed by atoms with Gasteiger partial charge in [-0.3, -0.25) is 0 Å². The molecule has 0 radical (unpaired) electrons. The Bertz CT molecular complexity index is 848. The van der Waals surface area contributed by atoms with Gasteiger partial charge in [-0.15, -0.1) is 0 Å². The molecule has 0 aliphatic carbocycles. The molecular formula is C23H27NaO5S. The number of benzene rings is 2. The van der Waals surface area contributed by atoms with Crippen LogP contribution in [0.2, 0.25) is 0 Å². The molecule has 0 fully saturated rings. The van der Waals surface area contributed by atoms with Crippen molar-refractivity contribution in [2.45, 2.75) is 19.8 Å². The van der Waals surface area contributed by atoms with Crippen molar-refractivity contribution in [1.29, 1.82) is 0 Å². The van der Waals surface area contributed by atoms with Crippen LogP contribution in [0, 0.1) is 0 Å². The molecule has 30 heavy (non-hydrogen) atoms. The van der Waals surface area contributed by atoms with E-state index in [4.69, 9.17) is 0 Å². The standard InChI is InChI=1S/C8H8O3S.C8H8.C7H12O2.Na/c9-12(10,11)7-6-8-4-2-1-3-5-8;1-2-8-6-4-3-5-7-8;1-3-5-6-9-7(8)4-2;/h1-7H,(H,9,10,11);2-7H,1H2;4H,2-3,5-6H2,1H3;/q;;;+1/p-1. The molecule has 0 aliphatic heterocycles. The van der Waals surface area contributed by atoms with E-state index in [9.17, 15) is 17.8 Å². The van der Waals surface area contributed by atoms with E-state index in [1.165, 1.54) is 17.7 Å². The molecule has 0 amide bonds. The third kappa shape index (κ3) is 19.4. The smallest absolute Gasteiger partial charge is 0.744 e. The van der Waals surface area contributed by atoms with Gasteiger partial charge in [0.1, 0.15) is 10.1 Å². The minimum Gasteiger partial charge on any atom is -0.744 e. The Kier molecular flexibility index (Phi) is 19.2. The Hall–Kier alpha value is -1.96. The van der Waals surface area contributed by atoms with E-state index < -0.39 is 10.1 Å². The first kappa shape index (κ1) is 30.2. The zero-order valence-electron chi connectivity index (χ0n) is 17.6. The van der Waals surface area contributed by atoms with Gasteiger partial charge < -0.3 is 9.29 Å². The van der Waals surface area contributed by atoms with Crippen molar-refractivity contribution in [3.8, 4) is 0 Å². The minimum atomic E-state index is -4.25. The van der Waals surface area contributed by atoms with Crippen molar-refractivity contribution in [1.82, 2.24) is 0 Å². The van der Waals surface area contributed by atoms with Crippen molar-refractivity contribution in [3.05, 3.63) is 96.4 Å². The van der Waals surface area contributed by atoms with Crippen LogP contribution in [-0.2, 0) is 19.6 Å². The second-order valence-electron chi connectivity index (χ2n) is 5.55. The summed E-state index contributed by atoms with van der Waals surface area (Å²) in [5.74, 6) is -0.330. The van der Waals surface area contributed by atoms with Gasteiger partial charge >= 0.3 is 35.5 Å². The predicted octanol–water partition coefficient (Wildman–Crippen LogP) is 2.05. The van der Waals surface area contributed by atoms with Crippen LogP contribution in [0.1, 0.15) is 30.9 Å². The fourth-order valence-corrected chi connectivity index (χ4v) is 2.01. The maximum absolute atomic E-state index is 10.3. The molecule has 7 heteroatoms. The summed E-state index contributed by atoms with van der Waals surface area (Å²) in [5.41, 5.74) is 1.87. The molecule has 0 atom stereocenters.